The zero-order chi connectivity index (χ0) is 13.0. The molecule has 1 amide bonds. The summed E-state index contributed by atoms with van der Waals surface area (Å²) in [6.45, 7) is 1.94. The van der Waals surface area contributed by atoms with Crippen LogP contribution in [-0.2, 0) is 4.79 Å². The number of nitrogens with zero attached hydrogens (tertiary/aromatic N) is 3. The molecule has 5 nitrogen and oxygen atoms in total. The Kier molecular flexibility index (Phi) is 4.98. The molecule has 0 unspecified atom stereocenters. The Morgan fingerprint density at radius 2 is 2.28 bits per heavy atom. The maximum Gasteiger partial charge on any atom is 0.236 e. The van der Waals surface area contributed by atoms with E-state index in [1.165, 1.54) is 34.9 Å². The summed E-state index contributed by atoms with van der Waals surface area (Å²) in [5, 5.41) is 13.0. The Labute approximate surface area is 121 Å². The van der Waals surface area contributed by atoms with Gasteiger partial charge in [0.1, 0.15) is 0 Å². The molecular weight excluding hydrogens is 308 g/mol. The van der Waals surface area contributed by atoms with Crippen molar-refractivity contribution in [1.82, 2.24) is 15.2 Å². The summed E-state index contributed by atoms with van der Waals surface area (Å²) in [7, 11) is 0. The lowest BCUT2D eigenvalue weighted by Gasteiger charge is -1.98. The van der Waals surface area contributed by atoms with E-state index in [2.05, 4.69) is 20.5 Å². The van der Waals surface area contributed by atoms with E-state index in [1.807, 2.05) is 18.6 Å². The van der Waals surface area contributed by atoms with E-state index in [1.54, 1.807) is 11.3 Å². The molecule has 96 valence electrons. The van der Waals surface area contributed by atoms with Crippen LogP contribution in [0.1, 0.15) is 5.69 Å². The molecule has 0 saturated heterocycles. The zero-order valence-corrected chi connectivity index (χ0v) is 12.9. The summed E-state index contributed by atoms with van der Waals surface area (Å²) in [4.78, 5) is 15.9. The van der Waals surface area contributed by atoms with Gasteiger partial charge in [-0.1, -0.05) is 34.9 Å². The predicted molar refractivity (Wildman–Crippen MR) is 77.9 cm³/mol. The Morgan fingerprint density at radius 1 is 1.44 bits per heavy atom. The molecule has 9 heteroatoms. The highest BCUT2D eigenvalue weighted by Crippen LogP contribution is 2.24. The molecular formula is C9H10N4OS4. The van der Waals surface area contributed by atoms with Crippen LogP contribution in [0.5, 0.6) is 0 Å². The van der Waals surface area contributed by atoms with Crippen molar-refractivity contribution in [3.63, 3.8) is 0 Å². The molecule has 0 aromatic carbocycles. The van der Waals surface area contributed by atoms with Crippen molar-refractivity contribution in [2.24, 2.45) is 0 Å². The molecule has 2 rings (SSSR count). The van der Waals surface area contributed by atoms with Gasteiger partial charge in [-0.15, -0.1) is 21.5 Å². The van der Waals surface area contributed by atoms with Gasteiger partial charge in [0.2, 0.25) is 11.0 Å². The molecule has 0 aliphatic rings. The minimum Gasteiger partial charge on any atom is -0.300 e. The van der Waals surface area contributed by atoms with E-state index in [9.17, 15) is 4.79 Å². The number of thioether (sulfide) groups is 2. The van der Waals surface area contributed by atoms with Crippen LogP contribution in [0.2, 0.25) is 0 Å². The van der Waals surface area contributed by atoms with Crippen LogP contribution in [0.4, 0.5) is 5.13 Å². The zero-order valence-electron chi connectivity index (χ0n) is 9.67. The van der Waals surface area contributed by atoms with E-state index in [0.717, 1.165) is 14.4 Å². The van der Waals surface area contributed by atoms with E-state index in [0.29, 0.717) is 10.9 Å². The smallest absolute Gasteiger partial charge is 0.236 e. The highest BCUT2D eigenvalue weighted by Gasteiger charge is 2.09. The maximum absolute atomic E-state index is 11.7. The van der Waals surface area contributed by atoms with Gasteiger partial charge in [-0.05, 0) is 13.2 Å². The van der Waals surface area contributed by atoms with Crippen LogP contribution < -0.4 is 5.32 Å². The Balaban J connectivity index is 1.81. The molecule has 0 radical (unpaired) electrons. The van der Waals surface area contributed by atoms with E-state index < -0.39 is 0 Å². The Bertz CT molecular complexity index is 538. The van der Waals surface area contributed by atoms with Crippen molar-refractivity contribution in [2.75, 3.05) is 17.3 Å². The first-order valence-corrected chi connectivity index (χ1v) is 8.80. The van der Waals surface area contributed by atoms with E-state index >= 15 is 0 Å². The van der Waals surface area contributed by atoms with Crippen molar-refractivity contribution in [3.8, 4) is 0 Å². The number of aromatic nitrogens is 3. The number of carbonyl (C=O) groups excluding carboxylic acids is 1. The fourth-order valence-electron chi connectivity index (χ4n) is 1.02. The minimum atomic E-state index is -0.0864. The van der Waals surface area contributed by atoms with Crippen molar-refractivity contribution < 1.29 is 4.79 Å². The van der Waals surface area contributed by atoms with Crippen molar-refractivity contribution in [3.05, 3.63) is 11.1 Å². The summed E-state index contributed by atoms with van der Waals surface area (Å²) in [6, 6.07) is 0. The standard InChI is InChI=1S/C9H10N4OS4/c1-5-3-16-8(10-5)17-4-6(14)11-7-12-13-9(15-2)18-7/h3H,4H2,1-2H3,(H,11,12,14). The van der Waals surface area contributed by atoms with Gasteiger partial charge in [-0.2, -0.15) is 0 Å². The number of nitrogens with one attached hydrogen (secondary N) is 1. The number of hydrogen-bond acceptors (Lipinski definition) is 8. The van der Waals surface area contributed by atoms with Gasteiger partial charge in [0.25, 0.3) is 0 Å². The van der Waals surface area contributed by atoms with Crippen molar-refractivity contribution in [1.29, 1.82) is 0 Å². The lowest BCUT2D eigenvalue weighted by atomic mass is 10.6. The second-order valence-corrected chi connectivity index (χ2v) is 7.28. The maximum atomic E-state index is 11.7. The topological polar surface area (TPSA) is 67.8 Å². The van der Waals surface area contributed by atoms with Gasteiger partial charge in [0, 0.05) is 11.1 Å². The van der Waals surface area contributed by atoms with Crippen LogP contribution in [0.3, 0.4) is 0 Å². The minimum absolute atomic E-state index is 0.0864. The number of hydrogen-bond donors (Lipinski definition) is 1. The van der Waals surface area contributed by atoms with Crippen molar-refractivity contribution in [2.45, 2.75) is 15.6 Å². The molecule has 0 atom stereocenters. The lowest BCUT2D eigenvalue weighted by molar-refractivity contribution is -0.113. The average molecular weight is 318 g/mol. The van der Waals surface area contributed by atoms with Gasteiger partial charge >= 0.3 is 0 Å². The molecule has 2 aromatic heterocycles. The van der Waals surface area contributed by atoms with Crippen LogP contribution >= 0.6 is 46.2 Å². The largest absolute Gasteiger partial charge is 0.300 e. The number of carbonyl (C=O) groups is 1. The summed E-state index contributed by atoms with van der Waals surface area (Å²) >= 11 is 5.86. The third kappa shape index (κ3) is 3.94. The molecule has 0 aliphatic carbocycles. The average Bonchev–Trinajstić information content (AvgIpc) is 2.95. The molecule has 0 spiro atoms. The Morgan fingerprint density at radius 3 is 2.89 bits per heavy atom. The first-order valence-electron chi connectivity index (χ1n) is 4.89. The third-order valence-electron chi connectivity index (χ3n) is 1.75. The fourth-order valence-corrected chi connectivity index (χ4v) is 3.86. The first kappa shape index (κ1) is 13.8. The van der Waals surface area contributed by atoms with E-state index in [4.69, 9.17) is 0 Å². The molecule has 0 saturated carbocycles. The third-order valence-corrected chi connectivity index (χ3v) is 5.71. The highest BCUT2D eigenvalue weighted by atomic mass is 32.2. The number of rotatable bonds is 5. The van der Waals surface area contributed by atoms with Gasteiger partial charge in [-0.3, -0.25) is 10.1 Å². The SMILES string of the molecule is CSc1nnc(NC(=O)CSc2nc(C)cs2)s1. The number of amides is 1. The van der Waals surface area contributed by atoms with Gasteiger partial charge in [-0.25, -0.2) is 4.98 Å². The van der Waals surface area contributed by atoms with E-state index in [-0.39, 0.29) is 5.91 Å². The summed E-state index contributed by atoms with van der Waals surface area (Å²) in [6.07, 6.45) is 1.92. The number of thiazole rings is 1. The Hall–Kier alpha value is -0.640. The van der Waals surface area contributed by atoms with Crippen LogP contribution in [-0.4, -0.2) is 33.1 Å². The monoisotopic (exact) mass is 318 g/mol. The fraction of sp³-hybridized carbons (Fsp3) is 0.333. The lowest BCUT2D eigenvalue weighted by Crippen LogP contribution is -2.13. The number of anilines is 1. The first-order chi connectivity index (χ1) is 8.67. The van der Waals surface area contributed by atoms with Crippen LogP contribution in [0, 0.1) is 6.92 Å². The van der Waals surface area contributed by atoms with Crippen molar-refractivity contribution >= 4 is 57.2 Å². The van der Waals surface area contributed by atoms with Gasteiger partial charge in [0.15, 0.2) is 8.68 Å². The van der Waals surface area contributed by atoms with Crippen LogP contribution in [0.25, 0.3) is 0 Å². The second-order valence-electron chi connectivity index (χ2n) is 3.17. The quantitative estimate of drug-likeness (QED) is 0.675. The molecule has 0 aliphatic heterocycles. The summed E-state index contributed by atoms with van der Waals surface area (Å²) < 4.78 is 1.75. The summed E-state index contributed by atoms with van der Waals surface area (Å²) in [5.74, 6) is 0.248. The second kappa shape index (κ2) is 6.50. The molecule has 2 heterocycles. The molecule has 0 fully saturated rings. The predicted octanol–water partition coefficient (Wildman–Crippen LogP) is 2.76. The molecule has 2 aromatic rings. The van der Waals surface area contributed by atoms with Gasteiger partial charge < -0.3 is 0 Å². The molecule has 18 heavy (non-hydrogen) atoms. The molecule has 1 N–H and O–H groups in total. The van der Waals surface area contributed by atoms with Crippen LogP contribution in [0.15, 0.2) is 14.1 Å². The summed E-state index contributed by atoms with van der Waals surface area (Å²) in [5.41, 5.74) is 0.983. The normalized spacial score (nSPS) is 10.6. The van der Waals surface area contributed by atoms with Gasteiger partial charge in [0.05, 0.1) is 5.75 Å². The number of aryl methyl sites for hydroxylation is 1. The highest BCUT2D eigenvalue weighted by molar-refractivity contribution is 8.01. The molecule has 0 bridgehead atoms.